The molecular formula is C24H43N11O10S3. The molecule has 0 aliphatic carbocycles. The fourth-order valence-corrected chi connectivity index (χ4v) is 4.23. The number of aliphatic hydroxyl groups excluding tert-OH is 1. The molecule has 16 N–H and O–H groups in total. The average molecular weight is 742 g/mol. The Bertz CT molecular complexity index is 1190. The number of hydrogen-bond donors (Lipinski definition) is 15. The molecule has 0 fully saturated rings. The van der Waals surface area contributed by atoms with Crippen LogP contribution in [0.5, 0.6) is 0 Å². The Morgan fingerprint density at radius 3 is 1.56 bits per heavy atom. The Morgan fingerprint density at radius 2 is 1.12 bits per heavy atom. The number of guanidine groups is 1. The van der Waals surface area contributed by atoms with Crippen molar-refractivity contribution in [2.75, 3.05) is 37.0 Å². The number of primary amides is 1. The van der Waals surface area contributed by atoms with Gasteiger partial charge in [0.2, 0.25) is 41.4 Å². The maximum absolute atomic E-state index is 12.7. The lowest BCUT2D eigenvalue weighted by molar-refractivity contribution is -0.143. The van der Waals surface area contributed by atoms with Crippen LogP contribution in [0.15, 0.2) is 4.99 Å². The Labute approximate surface area is 291 Å². The van der Waals surface area contributed by atoms with E-state index in [4.69, 9.17) is 28.0 Å². The van der Waals surface area contributed by atoms with Gasteiger partial charge in [0.05, 0.1) is 25.6 Å². The minimum Gasteiger partial charge on any atom is -0.480 e. The summed E-state index contributed by atoms with van der Waals surface area (Å²) < 4.78 is 0. The zero-order valence-electron chi connectivity index (χ0n) is 25.6. The van der Waals surface area contributed by atoms with Gasteiger partial charge in [-0.1, -0.05) is 0 Å². The standard InChI is InChI=1S/C24H43N11O10S3/c25-10(2-1-3-29-24(27)28)18(39)34-14(8-47)22(43)33-12(6-36)19(40)30-5-17(38)31-13(7-46)20(41)35-15(9-48)21(42)32-11(23(44)45)4-16(26)37/h10-15,36,46-48H,1-9,25H2,(H2,26,37)(H,30,40)(H,31,38)(H,32,42)(H,33,43)(H,34,39)(H,35,41)(H,44,45)(H4,27,28,29)/t10-,11-,12-,13-,14-,15-/m0/s1. The molecule has 0 aromatic heterocycles. The van der Waals surface area contributed by atoms with E-state index in [2.05, 4.69) is 74.8 Å². The van der Waals surface area contributed by atoms with Crippen LogP contribution in [0.2, 0.25) is 0 Å². The number of carbonyl (C=O) groups is 8. The SMILES string of the molecule is NC(=O)C[C@H](NC(=O)[C@H](CS)NC(=O)[C@H](CS)NC(=O)CNC(=O)[C@H](CO)NC(=O)[C@H](CS)NC(=O)[C@@H](N)CCCN=C(N)N)C(=O)O. The summed E-state index contributed by atoms with van der Waals surface area (Å²) >= 11 is 12.0. The normalized spacial score (nSPS) is 14.4. The van der Waals surface area contributed by atoms with Gasteiger partial charge in [0, 0.05) is 23.8 Å². The summed E-state index contributed by atoms with van der Waals surface area (Å²) in [6, 6.07) is -8.20. The molecule has 0 rings (SSSR count). The molecule has 0 bridgehead atoms. The van der Waals surface area contributed by atoms with Crippen molar-refractivity contribution in [2.24, 2.45) is 27.9 Å². The van der Waals surface area contributed by atoms with Crippen LogP contribution in [0.25, 0.3) is 0 Å². The average Bonchev–Trinajstić information content (AvgIpc) is 3.03. The van der Waals surface area contributed by atoms with Crippen LogP contribution >= 0.6 is 37.9 Å². The van der Waals surface area contributed by atoms with Crippen molar-refractivity contribution >= 4 is 91.2 Å². The minimum absolute atomic E-state index is 0.117. The fraction of sp³-hybridized carbons (Fsp3) is 0.625. The molecule has 0 heterocycles. The van der Waals surface area contributed by atoms with Gasteiger partial charge in [-0.2, -0.15) is 37.9 Å². The molecule has 48 heavy (non-hydrogen) atoms. The van der Waals surface area contributed by atoms with Gasteiger partial charge in [0.15, 0.2) is 5.96 Å². The van der Waals surface area contributed by atoms with Crippen LogP contribution in [0.1, 0.15) is 19.3 Å². The number of carbonyl (C=O) groups excluding carboxylic acids is 7. The molecular weight excluding hydrogens is 699 g/mol. The van der Waals surface area contributed by atoms with E-state index >= 15 is 0 Å². The number of nitrogens with zero attached hydrogens (tertiary/aromatic N) is 1. The highest BCUT2D eigenvalue weighted by Gasteiger charge is 2.30. The summed E-state index contributed by atoms with van der Waals surface area (Å²) in [6.07, 6.45) is -0.132. The summed E-state index contributed by atoms with van der Waals surface area (Å²) in [5.41, 5.74) is 21.3. The number of thiol groups is 3. The van der Waals surface area contributed by atoms with Crippen LogP contribution in [-0.4, -0.2) is 137 Å². The van der Waals surface area contributed by atoms with Gasteiger partial charge in [-0.15, -0.1) is 0 Å². The molecule has 0 radical (unpaired) electrons. The summed E-state index contributed by atoms with van der Waals surface area (Å²) in [6.45, 7) is -1.39. The molecule has 0 aromatic rings. The van der Waals surface area contributed by atoms with E-state index in [0.29, 0.717) is 6.42 Å². The van der Waals surface area contributed by atoms with Crippen molar-refractivity contribution in [1.82, 2.24) is 31.9 Å². The summed E-state index contributed by atoms with van der Waals surface area (Å²) in [7, 11) is 0. The topological polar surface area (TPSA) is 366 Å². The number of nitrogens with two attached hydrogens (primary N) is 4. The van der Waals surface area contributed by atoms with Crippen molar-refractivity contribution in [2.45, 2.75) is 55.5 Å². The molecule has 24 heteroatoms. The lowest BCUT2D eigenvalue weighted by atomic mass is 10.1. The molecule has 0 aromatic carbocycles. The summed E-state index contributed by atoms with van der Waals surface area (Å²) in [4.78, 5) is 101. The molecule has 0 aliphatic rings. The zero-order valence-corrected chi connectivity index (χ0v) is 28.3. The first-order valence-corrected chi connectivity index (χ1v) is 15.9. The maximum atomic E-state index is 12.7. The third kappa shape index (κ3) is 17.2. The van der Waals surface area contributed by atoms with Gasteiger partial charge < -0.3 is 65.0 Å². The van der Waals surface area contributed by atoms with E-state index in [9.17, 15) is 43.5 Å². The second-order valence-electron chi connectivity index (χ2n) is 9.88. The van der Waals surface area contributed by atoms with Crippen molar-refractivity contribution in [3.8, 4) is 0 Å². The third-order valence-electron chi connectivity index (χ3n) is 6.03. The molecule has 21 nitrogen and oxygen atoms in total. The van der Waals surface area contributed by atoms with Crippen LogP contribution in [0.4, 0.5) is 0 Å². The summed E-state index contributed by atoms with van der Waals surface area (Å²) in [5.74, 6) is -8.83. The highest BCUT2D eigenvalue weighted by Crippen LogP contribution is 2.00. The molecule has 0 unspecified atom stereocenters. The molecule has 272 valence electrons. The molecule has 7 amide bonds. The van der Waals surface area contributed by atoms with Crippen molar-refractivity contribution in [3.63, 3.8) is 0 Å². The van der Waals surface area contributed by atoms with E-state index in [1.54, 1.807) is 0 Å². The van der Waals surface area contributed by atoms with Gasteiger partial charge in [-0.05, 0) is 12.8 Å². The Morgan fingerprint density at radius 1 is 0.667 bits per heavy atom. The number of aliphatic hydroxyl groups is 1. The van der Waals surface area contributed by atoms with Crippen LogP contribution in [0, 0.1) is 0 Å². The van der Waals surface area contributed by atoms with Crippen LogP contribution < -0.4 is 54.8 Å². The Balaban J connectivity index is 5.06. The zero-order chi connectivity index (χ0) is 37.0. The van der Waals surface area contributed by atoms with Gasteiger partial charge in [-0.25, -0.2) is 4.79 Å². The maximum Gasteiger partial charge on any atom is 0.326 e. The first-order valence-electron chi connectivity index (χ1n) is 14.0. The van der Waals surface area contributed by atoms with Gasteiger partial charge in [-0.3, -0.25) is 38.6 Å². The smallest absolute Gasteiger partial charge is 0.326 e. The highest BCUT2D eigenvalue weighted by molar-refractivity contribution is 7.80. The first kappa shape index (κ1) is 44.0. The number of amides is 7. The fourth-order valence-electron chi connectivity index (χ4n) is 3.46. The second-order valence-corrected chi connectivity index (χ2v) is 11.0. The highest BCUT2D eigenvalue weighted by atomic mass is 32.1. The monoisotopic (exact) mass is 741 g/mol. The lowest BCUT2D eigenvalue weighted by Gasteiger charge is -2.23. The number of aliphatic carboxylic acids is 1. The van der Waals surface area contributed by atoms with Crippen molar-refractivity contribution in [3.05, 3.63) is 0 Å². The van der Waals surface area contributed by atoms with Crippen LogP contribution in [-0.2, 0) is 38.4 Å². The molecule has 0 spiro atoms. The van der Waals surface area contributed by atoms with E-state index in [1.165, 1.54) is 0 Å². The van der Waals surface area contributed by atoms with Crippen molar-refractivity contribution in [1.29, 1.82) is 0 Å². The molecule has 0 saturated heterocycles. The lowest BCUT2D eigenvalue weighted by Crippen LogP contribution is -2.59. The third-order valence-corrected chi connectivity index (χ3v) is 7.12. The minimum atomic E-state index is -1.66. The second kappa shape index (κ2) is 23.3. The predicted octanol–water partition coefficient (Wildman–Crippen LogP) is -7.35. The van der Waals surface area contributed by atoms with Gasteiger partial charge >= 0.3 is 5.97 Å². The van der Waals surface area contributed by atoms with Gasteiger partial charge in [0.1, 0.15) is 30.2 Å². The number of hydrogen-bond acceptors (Lipinski definition) is 14. The van der Waals surface area contributed by atoms with E-state index < -0.39 is 103 Å². The molecule has 6 atom stereocenters. The Kier molecular flexibility index (Phi) is 21.4. The van der Waals surface area contributed by atoms with Crippen molar-refractivity contribution < 1.29 is 48.6 Å². The molecule has 0 aliphatic heterocycles. The van der Waals surface area contributed by atoms with E-state index in [-0.39, 0.29) is 36.2 Å². The van der Waals surface area contributed by atoms with E-state index in [0.717, 1.165) is 0 Å². The van der Waals surface area contributed by atoms with E-state index in [1.807, 2.05) is 0 Å². The molecule has 0 saturated carbocycles. The number of carboxylic acid groups (broad SMARTS) is 1. The Hall–Kier alpha value is -4.00. The number of nitrogens with one attached hydrogen (secondary N) is 6. The number of rotatable bonds is 23. The number of aliphatic imine (C=N–C) groups is 1. The summed E-state index contributed by atoms with van der Waals surface area (Å²) in [5, 5.41) is 32.2. The van der Waals surface area contributed by atoms with Gasteiger partial charge in [0.25, 0.3) is 0 Å². The predicted molar refractivity (Wildman–Crippen MR) is 181 cm³/mol. The van der Waals surface area contributed by atoms with Crippen LogP contribution in [0.3, 0.4) is 0 Å². The number of carboxylic acids is 1. The first-order chi connectivity index (χ1) is 22.5. The quantitative estimate of drug-likeness (QED) is 0.0201. The largest absolute Gasteiger partial charge is 0.480 e.